The molecule has 0 aromatic heterocycles. The van der Waals surface area contributed by atoms with Crippen LogP contribution in [-0.4, -0.2) is 37.0 Å². The van der Waals surface area contributed by atoms with E-state index in [1.165, 1.54) is 0 Å². The molecule has 0 spiro atoms. The molecule has 1 heterocycles. The number of nitrogens with two attached hydrogens (primary N) is 1. The van der Waals surface area contributed by atoms with Crippen molar-refractivity contribution < 1.29 is 4.79 Å². The first-order valence-corrected chi connectivity index (χ1v) is 6.09. The first-order valence-electron chi connectivity index (χ1n) is 6.09. The van der Waals surface area contributed by atoms with E-state index in [0.29, 0.717) is 6.42 Å². The van der Waals surface area contributed by atoms with Crippen molar-refractivity contribution in [2.45, 2.75) is 13.3 Å². The molecular weight excluding hydrogens is 214 g/mol. The standard InChI is InChI=1S/C13H19N3O/c1-2-13(17)16-8-6-15(7-9-16)12-5-3-4-11(14)10-12/h3-5,10H,2,6-9,14H2,1H3. The van der Waals surface area contributed by atoms with Crippen LogP contribution in [0, 0.1) is 0 Å². The van der Waals surface area contributed by atoms with Gasteiger partial charge in [0, 0.05) is 44.0 Å². The van der Waals surface area contributed by atoms with Crippen LogP contribution in [0.3, 0.4) is 0 Å². The van der Waals surface area contributed by atoms with Crippen LogP contribution in [0.5, 0.6) is 0 Å². The Bertz CT molecular complexity index is 397. The van der Waals surface area contributed by atoms with Gasteiger partial charge in [-0.05, 0) is 18.2 Å². The number of hydrogen-bond acceptors (Lipinski definition) is 3. The van der Waals surface area contributed by atoms with E-state index in [1.807, 2.05) is 30.0 Å². The molecule has 2 rings (SSSR count). The molecule has 4 nitrogen and oxygen atoms in total. The zero-order valence-corrected chi connectivity index (χ0v) is 10.2. The van der Waals surface area contributed by atoms with E-state index in [-0.39, 0.29) is 5.91 Å². The normalized spacial score (nSPS) is 16.1. The van der Waals surface area contributed by atoms with Gasteiger partial charge in [0.1, 0.15) is 0 Å². The van der Waals surface area contributed by atoms with Gasteiger partial charge >= 0.3 is 0 Å². The highest BCUT2D eigenvalue weighted by atomic mass is 16.2. The van der Waals surface area contributed by atoms with Gasteiger partial charge in [-0.1, -0.05) is 13.0 Å². The Morgan fingerprint density at radius 2 is 2.00 bits per heavy atom. The van der Waals surface area contributed by atoms with Crippen LogP contribution < -0.4 is 10.6 Å². The van der Waals surface area contributed by atoms with Crippen LogP contribution in [0.4, 0.5) is 11.4 Å². The number of nitrogens with zero attached hydrogens (tertiary/aromatic N) is 2. The number of rotatable bonds is 2. The lowest BCUT2D eigenvalue weighted by Gasteiger charge is -2.36. The number of carbonyl (C=O) groups is 1. The summed E-state index contributed by atoms with van der Waals surface area (Å²) >= 11 is 0. The van der Waals surface area contributed by atoms with E-state index in [9.17, 15) is 4.79 Å². The lowest BCUT2D eigenvalue weighted by molar-refractivity contribution is -0.131. The minimum atomic E-state index is 0.247. The lowest BCUT2D eigenvalue weighted by Crippen LogP contribution is -2.48. The Morgan fingerprint density at radius 3 is 2.59 bits per heavy atom. The summed E-state index contributed by atoms with van der Waals surface area (Å²) in [5, 5.41) is 0. The second kappa shape index (κ2) is 5.08. The number of carbonyl (C=O) groups excluding carboxylic acids is 1. The third-order valence-electron chi connectivity index (χ3n) is 3.17. The number of hydrogen-bond donors (Lipinski definition) is 1. The number of piperazine rings is 1. The van der Waals surface area contributed by atoms with Crippen molar-refractivity contribution in [2.75, 3.05) is 36.8 Å². The van der Waals surface area contributed by atoms with Gasteiger partial charge in [-0.3, -0.25) is 4.79 Å². The van der Waals surface area contributed by atoms with E-state index in [1.54, 1.807) is 0 Å². The van der Waals surface area contributed by atoms with Gasteiger partial charge in [0.25, 0.3) is 0 Å². The molecule has 1 amide bonds. The van der Waals surface area contributed by atoms with Gasteiger partial charge in [-0.2, -0.15) is 0 Å². The van der Waals surface area contributed by atoms with Crippen LogP contribution in [-0.2, 0) is 4.79 Å². The number of nitrogen functional groups attached to an aromatic ring is 1. The third kappa shape index (κ3) is 2.70. The molecule has 0 atom stereocenters. The molecule has 17 heavy (non-hydrogen) atoms. The van der Waals surface area contributed by atoms with E-state index in [0.717, 1.165) is 37.6 Å². The summed E-state index contributed by atoms with van der Waals surface area (Å²) in [6.45, 7) is 5.29. The van der Waals surface area contributed by atoms with Gasteiger partial charge < -0.3 is 15.5 Å². The van der Waals surface area contributed by atoms with Gasteiger partial charge in [0.05, 0.1) is 0 Å². The van der Waals surface area contributed by atoms with Crippen molar-refractivity contribution in [3.63, 3.8) is 0 Å². The summed E-state index contributed by atoms with van der Waals surface area (Å²) in [6, 6.07) is 7.90. The molecule has 1 aliphatic heterocycles. The molecule has 0 bridgehead atoms. The largest absolute Gasteiger partial charge is 0.399 e. The second-order valence-corrected chi connectivity index (χ2v) is 4.32. The smallest absolute Gasteiger partial charge is 0.222 e. The summed E-state index contributed by atoms with van der Waals surface area (Å²) in [6.07, 6.45) is 0.596. The second-order valence-electron chi connectivity index (χ2n) is 4.32. The summed E-state index contributed by atoms with van der Waals surface area (Å²) in [5.74, 6) is 0.247. The molecule has 4 heteroatoms. The monoisotopic (exact) mass is 233 g/mol. The van der Waals surface area contributed by atoms with Crippen molar-refractivity contribution in [1.29, 1.82) is 0 Å². The van der Waals surface area contributed by atoms with Crippen LogP contribution in [0.15, 0.2) is 24.3 Å². The summed E-state index contributed by atoms with van der Waals surface area (Å²) in [7, 11) is 0. The molecule has 1 aromatic rings. The van der Waals surface area contributed by atoms with Gasteiger partial charge in [-0.15, -0.1) is 0 Å². The van der Waals surface area contributed by atoms with Crippen molar-refractivity contribution in [3.05, 3.63) is 24.3 Å². The molecule has 0 radical (unpaired) electrons. The molecule has 1 aliphatic rings. The molecule has 1 saturated heterocycles. The first-order chi connectivity index (χ1) is 8.20. The van der Waals surface area contributed by atoms with Crippen molar-refractivity contribution in [1.82, 2.24) is 4.90 Å². The Hall–Kier alpha value is -1.71. The molecular formula is C13H19N3O. The lowest BCUT2D eigenvalue weighted by atomic mass is 10.2. The van der Waals surface area contributed by atoms with E-state index in [2.05, 4.69) is 11.0 Å². The molecule has 0 saturated carbocycles. The van der Waals surface area contributed by atoms with E-state index in [4.69, 9.17) is 5.73 Å². The Labute approximate surface area is 102 Å². The minimum Gasteiger partial charge on any atom is -0.399 e. The fourth-order valence-corrected chi connectivity index (χ4v) is 2.16. The average molecular weight is 233 g/mol. The van der Waals surface area contributed by atoms with Crippen molar-refractivity contribution in [3.8, 4) is 0 Å². The molecule has 0 aliphatic carbocycles. The topological polar surface area (TPSA) is 49.6 Å². The SMILES string of the molecule is CCC(=O)N1CCN(c2cccc(N)c2)CC1. The number of anilines is 2. The van der Waals surface area contributed by atoms with Crippen LogP contribution >= 0.6 is 0 Å². The summed E-state index contributed by atoms with van der Waals surface area (Å²) in [4.78, 5) is 15.8. The summed E-state index contributed by atoms with van der Waals surface area (Å²) in [5.41, 5.74) is 7.70. The molecule has 1 aromatic carbocycles. The quantitative estimate of drug-likeness (QED) is 0.784. The zero-order chi connectivity index (χ0) is 12.3. The van der Waals surface area contributed by atoms with E-state index < -0.39 is 0 Å². The fourth-order valence-electron chi connectivity index (χ4n) is 2.16. The highest BCUT2D eigenvalue weighted by Crippen LogP contribution is 2.19. The van der Waals surface area contributed by atoms with Gasteiger partial charge in [0.15, 0.2) is 0 Å². The average Bonchev–Trinajstić information content (AvgIpc) is 2.38. The predicted molar refractivity (Wildman–Crippen MR) is 69.9 cm³/mol. The zero-order valence-electron chi connectivity index (χ0n) is 10.2. The minimum absolute atomic E-state index is 0.247. The van der Waals surface area contributed by atoms with Crippen LogP contribution in [0.25, 0.3) is 0 Å². The number of amides is 1. The van der Waals surface area contributed by atoms with Crippen molar-refractivity contribution >= 4 is 17.3 Å². The highest BCUT2D eigenvalue weighted by molar-refractivity contribution is 5.76. The maximum atomic E-state index is 11.6. The Kier molecular flexibility index (Phi) is 3.52. The summed E-state index contributed by atoms with van der Waals surface area (Å²) < 4.78 is 0. The van der Waals surface area contributed by atoms with Gasteiger partial charge in [0.2, 0.25) is 5.91 Å². The fraction of sp³-hybridized carbons (Fsp3) is 0.462. The molecule has 92 valence electrons. The van der Waals surface area contributed by atoms with Crippen LogP contribution in [0.1, 0.15) is 13.3 Å². The van der Waals surface area contributed by atoms with Gasteiger partial charge in [-0.25, -0.2) is 0 Å². The number of benzene rings is 1. The molecule has 2 N–H and O–H groups in total. The third-order valence-corrected chi connectivity index (χ3v) is 3.17. The Morgan fingerprint density at radius 1 is 1.29 bits per heavy atom. The Balaban J connectivity index is 1.97. The maximum absolute atomic E-state index is 11.6. The van der Waals surface area contributed by atoms with Crippen LogP contribution in [0.2, 0.25) is 0 Å². The molecule has 0 unspecified atom stereocenters. The first kappa shape index (κ1) is 11.8. The predicted octanol–water partition coefficient (Wildman–Crippen LogP) is 1.33. The maximum Gasteiger partial charge on any atom is 0.222 e. The highest BCUT2D eigenvalue weighted by Gasteiger charge is 2.19. The molecule has 1 fully saturated rings. The van der Waals surface area contributed by atoms with E-state index >= 15 is 0 Å². The van der Waals surface area contributed by atoms with Crippen molar-refractivity contribution in [2.24, 2.45) is 0 Å².